The molecular weight excluding hydrogens is 378 g/mol. The van der Waals surface area contributed by atoms with E-state index in [-0.39, 0.29) is 23.5 Å². The summed E-state index contributed by atoms with van der Waals surface area (Å²) < 4.78 is 23.6. The van der Waals surface area contributed by atoms with E-state index in [2.05, 4.69) is 34.0 Å². The second kappa shape index (κ2) is 6.73. The molecule has 148 valence electrons. The zero-order chi connectivity index (χ0) is 20.1. The van der Waals surface area contributed by atoms with E-state index >= 15 is 0 Å². The van der Waals surface area contributed by atoms with Crippen molar-refractivity contribution in [2.24, 2.45) is 0 Å². The molecular formula is C19H23N5O3S. The number of nitrogens with one attached hydrogen (secondary N) is 1. The topological polar surface area (TPSA) is 95.5 Å². The molecule has 0 aliphatic carbocycles. The molecule has 0 atom stereocenters. The average molecular weight is 401 g/mol. The lowest BCUT2D eigenvalue weighted by molar-refractivity contribution is -0.118. The van der Waals surface area contributed by atoms with Crippen LogP contribution in [0.25, 0.3) is 0 Å². The van der Waals surface area contributed by atoms with Crippen molar-refractivity contribution in [2.75, 3.05) is 28.7 Å². The molecule has 8 nitrogen and oxygen atoms in total. The Morgan fingerprint density at radius 3 is 2.68 bits per heavy atom. The molecule has 2 aliphatic rings. The molecule has 2 aliphatic heterocycles. The lowest BCUT2D eigenvalue weighted by atomic mass is 10.1. The highest BCUT2D eigenvalue weighted by atomic mass is 32.2. The molecule has 2 aromatic rings. The van der Waals surface area contributed by atoms with Crippen LogP contribution >= 0.6 is 0 Å². The predicted octanol–water partition coefficient (Wildman–Crippen LogP) is 2.23. The molecule has 1 aromatic heterocycles. The highest BCUT2D eigenvalue weighted by Crippen LogP contribution is 2.33. The SMILES string of the molecule is CC(C)N1CCC(=O)N(C)c2cnc(Nc3ccc4c(c3)CS(=O)(=O)C4)nc21. The Labute approximate surface area is 164 Å². The zero-order valence-electron chi connectivity index (χ0n) is 16.1. The van der Waals surface area contributed by atoms with Gasteiger partial charge in [0.1, 0.15) is 5.69 Å². The Bertz CT molecular complexity index is 1050. The highest BCUT2D eigenvalue weighted by molar-refractivity contribution is 7.90. The number of sulfone groups is 1. The highest BCUT2D eigenvalue weighted by Gasteiger charge is 2.28. The van der Waals surface area contributed by atoms with Crippen molar-refractivity contribution in [2.45, 2.75) is 37.8 Å². The number of benzene rings is 1. The van der Waals surface area contributed by atoms with E-state index in [1.165, 1.54) is 0 Å². The summed E-state index contributed by atoms with van der Waals surface area (Å²) in [6.45, 7) is 4.73. The van der Waals surface area contributed by atoms with Gasteiger partial charge in [0.05, 0.1) is 17.7 Å². The fourth-order valence-electron chi connectivity index (χ4n) is 3.63. The maximum Gasteiger partial charge on any atom is 0.229 e. The third-order valence-electron chi connectivity index (χ3n) is 5.16. The summed E-state index contributed by atoms with van der Waals surface area (Å²) in [5.74, 6) is 1.32. The molecule has 0 radical (unpaired) electrons. The summed E-state index contributed by atoms with van der Waals surface area (Å²) in [4.78, 5) is 25.0. The van der Waals surface area contributed by atoms with Crippen molar-refractivity contribution in [1.82, 2.24) is 9.97 Å². The molecule has 0 saturated carbocycles. The number of hydrogen-bond acceptors (Lipinski definition) is 7. The molecule has 0 saturated heterocycles. The van der Waals surface area contributed by atoms with Crippen LogP contribution in [0, 0.1) is 0 Å². The fraction of sp³-hybridized carbons (Fsp3) is 0.421. The van der Waals surface area contributed by atoms with Gasteiger partial charge in [-0.05, 0) is 37.1 Å². The van der Waals surface area contributed by atoms with Gasteiger partial charge in [-0.3, -0.25) is 4.79 Å². The van der Waals surface area contributed by atoms with Crippen LogP contribution in [0.4, 0.5) is 23.1 Å². The van der Waals surface area contributed by atoms with Crippen LogP contribution in [0.3, 0.4) is 0 Å². The first kappa shape index (κ1) is 18.7. The summed E-state index contributed by atoms with van der Waals surface area (Å²) >= 11 is 0. The van der Waals surface area contributed by atoms with Gasteiger partial charge in [-0.2, -0.15) is 4.98 Å². The molecule has 3 heterocycles. The fourth-order valence-corrected chi connectivity index (χ4v) is 5.23. The minimum Gasteiger partial charge on any atom is -0.352 e. The third kappa shape index (κ3) is 3.42. The lowest BCUT2D eigenvalue weighted by Crippen LogP contribution is -2.32. The summed E-state index contributed by atoms with van der Waals surface area (Å²) in [5.41, 5.74) is 3.08. The van der Waals surface area contributed by atoms with E-state index < -0.39 is 9.84 Å². The number of aromatic nitrogens is 2. The number of carbonyl (C=O) groups is 1. The quantitative estimate of drug-likeness (QED) is 0.842. The number of fused-ring (bicyclic) bond motifs is 2. The van der Waals surface area contributed by atoms with Crippen molar-refractivity contribution in [3.8, 4) is 0 Å². The molecule has 0 bridgehead atoms. The van der Waals surface area contributed by atoms with Gasteiger partial charge >= 0.3 is 0 Å². The summed E-state index contributed by atoms with van der Waals surface area (Å²) in [5, 5.41) is 3.17. The number of carbonyl (C=O) groups excluding carboxylic acids is 1. The summed E-state index contributed by atoms with van der Waals surface area (Å²) in [7, 11) is -1.30. The van der Waals surface area contributed by atoms with E-state index in [4.69, 9.17) is 0 Å². The number of hydrogen-bond donors (Lipinski definition) is 1. The van der Waals surface area contributed by atoms with Gasteiger partial charge in [0, 0.05) is 31.7 Å². The second-order valence-corrected chi connectivity index (χ2v) is 9.60. The van der Waals surface area contributed by atoms with Gasteiger partial charge in [0.25, 0.3) is 0 Å². The minimum absolute atomic E-state index is 0.0357. The minimum atomic E-state index is -3.04. The van der Waals surface area contributed by atoms with E-state index in [0.717, 1.165) is 16.8 Å². The summed E-state index contributed by atoms with van der Waals surface area (Å²) in [6.07, 6.45) is 2.08. The molecule has 1 N–H and O–H groups in total. The predicted molar refractivity (Wildman–Crippen MR) is 109 cm³/mol. The van der Waals surface area contributed by atoms with Crippen molar-refractivity contribution >= 4 is 38.9 Å². The first-order valence-corrected chi connectivity index (χ1v) is 11.0. The maximum absolute atomic E-state index is 12.3. The van der Waals surface area contributed by atoms with Crippen molar-refractivity contribution in [3.05, 3.63) is 35.5 Å². The lowest BCUT2D eigenvalue weighted by Gasteiger charge is -2.27. The Kier molecular flexibility index (Phi) is 4.49. The van der Waals surface area contributed by atoms with E-state index in [9.17, 15) is 13.2 Å². The number of rotatable bonds is 3. The zero-order valence-corrected chi connectivity index (χ0v) is 17.0. The monoisotopic (exact) mass is 401 g/mol. The van der Waals surface area contributed by atoms with Gasteiger partial charge in [-0.15, -0.1) is 0 Å². The Morgan fingerprint density at radius 2 is 1.93 bits per heavy atom. The van der Waals surface area contributed by atoms with Crippen molar-refractivity contribution < 1.29 is 13.2 Å². The standard InChI is InChI=1S/C19H23N5O3S/c1-12(2)24-7-6-17(25)23(3)16-9-20-19(22-18(16)24)21-15-5-4-13-10-28(26,27)11-14(13)8-15/h4-5,8-9,12H,6-7,10-11H2,1-3H3,(H,20,21,22). The Morgan fingerprint density at radius 1 is 1.18 bits per heavy atom. The normalized spacial score (nSPS) is 18.1. The molecule has 1 amide bonds. The van der Waals surface area contributed by atoms with E-state index in [0.29, 0.717) is 30.4 Å². The van der Waals surface area contributed by atoms with Crippen molar-refractivity contribution in [1.29, 1.82) is 0 Å². The molecule has 1 aromatic carbocycles. The molecule has 0 unspecified atom stereocenters. The van der Waals surface area contributed by atoms with Gasteiger partial charge in [0.2, 0.25) is 11.9 Å². The van der Waals surface area contributed by atoms with Crippen molar-refractivity contribution in [3.63, 3.8) is 0 Å². The molecule has 9 heteroatoms. The molecule has 4 rings (SSSR count). The summed E-state index contributed by atoms with van der Waals surface area (Å²) in [6, 6.07) is 5.69. The van der Waals surface area contributed by atoms with Crippen LogP contribution in [0.15, 0.2) is 24.4 Å². The largest absolute Gasteiger partial charge is 0.352 e. The Balaban J connectivity index is 1.67. The smallest absolute Gasteiger partial charge is 0.229 e. The first-order valence-electron chi connectivity index (χ1n) is 9.23. The van der Waals surface area contributed by atoms with Crippen LogP contribution in [0.2, 0.25) is 0 Å². The third-order valence-corrected chi connectivity index (χ3v) is 6.66. The van der Waals surface area contributed by atoms with Crippen LogP contribution in [0.1, 0.15) is 31.4 Å². The van der Waals surface area contributed by atoms with Crippen LogP contribution in [-0.4, -0.2) is 43.9 Å². The second-order valence-electron chi connectivity index (χ2n) is 7.53. The van der Waals surface area contributed by atoms with Gasteiger partial charge in [0.15, 0.2) is 15.7 Å². The number of nitrogens with zero attached hydrogens (tertiary/aromatic N) is 4. The van der Waals surface area contributed by atoms with Gasteiger partial charge in [-0.1, -0.05) is 6.07 Å². The van der Waals surface area contributed by atoms with Crippen LogP contribution in [-0.2, 0) is 26.1 Å². The Hall–Kier alpha value is -2.68. The van der Waals surface area contributed by atoms with Gasteiger partial charge < -0.3 is 15.1 Å². The maximum atomic E-state index is 12.3. The molecule has 0 fully saturated rings. The molecule has 28 heavy (non-hydrogen) atoms. The average Bonchev–Trinajstić information content (AvgIpc) is 2.87. The first-order chi connectivity index (χ1) is 13.2. The van der Waals surface area contributed by atoms with Gasteiger partial charge in [-0.25, -0.2) is 13.4 Å². The number of amides is 1. The van der Waals surface area contributed by atoms with E-state index in [1.54, 1.807) is 18.1 Å². The molecule has 0 spiro atoms. The van der Waals surface area contributed by atoms with Crippen LogP contribution in [0.5, 0.6) is 0 Å². The van der Waals surface area contributed by atoms with Crippen LogP contribution < -0.4 is 15.1 Å². The number of anilines is 4. The van der Waals surface area contributed by atoms with E-state index in [1.807, 2.05) is 18.2 Å².